The van der Waals surface area contributed by atoms with E-state index in [1.54, 1.807) is 6.07 Å². The molecule has 0 N–H and O–H groups in total. The number of rotatable bonds is 4. The van der Waals surface area contributed by atoms with Crippen molar-refractivity contribution < 1.29 is 27.0 Å². The number of hydrogen-bond donors (Lipinski definition) is 0. The third kappa shape index (κ3) is 3.64. The molecular weight excluding hydrogens is 599 g/mol. The second kappa shape index (κ2) is 7.87. The van der Waals surface area contributed by atoms with Crippen molar-refractivity contribution in [3.8, 4) is 0 Å². The number of alkyl halides is 3. The minimum absolute atomic E-state index is 0.0115. The molecule has 0 atom stereocenters. The topological polar surface area (TPSA) is 43.4 Å². The summed E-state index contributed by atoms with van der Waals surface area (Å²) in [6.07, 6.45) is 0. The van der Waals surface area contributed by atoms with Gasteiger partial charge in [0.05, 0.1) is 0 Å². The molecule has 2 bridgehead atoms. The Hall–Kier alpha value is -1.76. The van der Waals surface area contributed by atoms with Gasteiger partial charge in [-0.15, -0.1) is 0 Å². The molecule has 0 radical (unpaired) electrons. The molecule has 0 aliphatic heterocycles. The molecule has 34 heavy (non-hydrogen) atoms. The fourth-order valence-corrected chi connectivity index (χ4v) is 13.2. The van der Waals surface area contributed by atoms with Crippen LogP contribution >= 0.6 is 20.8 Å². The first-order chi connectivity index (χ1) is 15.8. The molecule has 0 heterocycles. The average molecular weight is 620 g/mol. The molecule has 180 valence electrons. The Kier molecular flexibility index (Phi) is 5.55. The van der Waals surface area contributed by atoms with Crippen molar-refractivity contribution in [2.45, 2.75) is 37.0 Å². The van der Waals surface area contributed by atoms with Crippen molar-refractivity contribution in [2.75, 3.05) is 0 Å². The van der Waals surface area contributed by atoms with E-state index in [0.29, 0.717) is 5.19 Å². The minimum atomic E-state index is -6.03. The van der Waals surface area contributed by atoms with Crippen LogP contribution in [0.2, 0.25) is 19.6 Å². The van der Waals surface area contributed by atoms with Crippen molar-refractivity contribution in [1.82, 2.24) is 0 Å². The summed E-state index contributed by atoms with van der Waals surface area (Å²) in [5.74, 6) is -0.274. The monoisotopic (exact) mass is 620 g/mol. The first-order valence-electron chi connectivity index (χ1n) is 10.5. The Morgan fingerprint density at radius 2 is 1.21 bits per heavy atom. The van der Waals surface area contributed by atoms with Crippen LogP contribution in [0, 0.1) is 3.57 Å². The predicted molar refractivity (Wildman–Crippen MR) is 134 cm³/mol. The Balaban J connectivity index is 1.73. The van der Waals surface area contributed by atoms with Crippen LogP contribution in [0.1, 0.15) is 45.2 Å². The molecule has 0 saturated carbocycles. The molecule has 0 aromatic heterocycles. The van der Waals surface area contributed by atoms with Crippen molar-refractivity contribution in [3.63, 3.8) is 0 Å². The van der Waals surface area contributed by atoms with Gasteiger partial charge < -0.3 is 0 Å². The van der Waals surface area contributed by atoms with Gasteiger partial charge in [-0.1, -0.05) is 0 Å². The maximum atomic E-state index is 15.4. The third-order valence-corrected chi connectivity index (χ3v) is 14.0. The Morgan fingerprint density at radius 1 is 0.794 bits per heavy atom. The van der Waals surface area contributed by atoms with Gasteiger partial charge in [-0.3, -0.25) is 0 Å². The molecule has 0 amide bonds. The van der Waals surface area contributed by atoms with E-state index in [-0.39, 0.29) is 15.4 Å². The Bertz CT molecular complexity index is 1370. The van der Waals surface area contributed by atoms with E-state index in [1.165, 1.54) is 11.1 Å². The summed E-state index contributed by atoms with van der Waals surface area (Å²) in [4.78, 5) is 0. The maximum absolute atomic E-state index is 15.4. The molecule has 3 aliphatic rings. The van der Waals surface area contributed by atoms with Gasteiger partial charge >= 0.3 is 206 Å². The number of hydrogen-bond acceptors (Lipinski definition) is 3. The van der Waals surface area contributed by atoms with Gasteiger partial charge in [0.25, 0.3) is 0 Å². The van der Waals surface area contributed by atoms with Crippen LogP contribution < -0.4 is 5.19 Å². The molecule has 0 saturated heterocycles. The van der Waals surface area contributed by atoms with E-state index < -0.39 is 44.5 Å². The van der Waals surface area contributed by atoms with E-state index in [4.69, 9.17) is 0 Å². The van der Waals surface area contributed by atoms with Gasteiger partial charge in [-0.2, -0.15) is 0 Å². The van der Waals surface area contributed by atoms with Gasteiger partial charge in [0.15, 0.2) is 0 Å². The van der Waals surface area contributed by atoms with Gasteiger partial charge in [0.1, 0.15) is 0 Å². The molecule has 3 aliphatic carbocycles. The zero-order chi connectivity index (χ0) is 24.6. The number of halogens is 5. The van der Waals surface area contributed by atoms with Crippen molar-refractivity contribution in [1.29, 1.82) is 0 Å². The van der Waals surface area contributed by atoms with Gasteiger partial charge in [0, 0.05) is 0 Å². The van der Waals surface area contributed by atoms with Gasteiger partial charge in [-0.25, -0.2) is 0 Å². The van der Waals surface area contributed by atoms with Crippen LogP contribution in [0.3, 0.4) is 0 Å². The second-order valence-corrected chi connectivity index (χ2v) is 19.5. The van der Waals surface area contributed by atoms with E-state index in [0.717, 1.165) is 22.3 Å². The Labute approximate surface area is 205 Å². The zero-order valence-corrected chi connectivity index (χ0v) is 22.4. The summed E-state index contributed by atoms with van der Waals surface area (Å²) in [5.41, 5.74) is 0.638. The molecule has 0 unspecified atom stereocenters. The van der Waals surface area contributed by atoms with Crippen LogP contribution in [0.25, 0.3) is 0 Å². The third-order valence-electron chi connectivity index (χ3n) is 6.42. The van der Waals surface area contributed by atoms with Gasteiger partial charge in [0.2, 0.25) is 0 Å². The van der Waals surface area contributed by atoms with E-state index in [9.17, 15) is 21.6 Å². The zero-order valence-electron chi connectivity index (χ0n) is 18.5. The molecule has 0 spiro atoms. The fourth-order valence-electron chi connectivity index (χ4n) is 5.02. The van der Waals surface area contributed by atoms with Crippen molar-refractivity contribution in [3.05, 3.63) is 97.6 Å². The van der Waals surface area contributed by atoms with Crippen molar-refractivity contribution >= 4 is 44.2 Å². The van der Waals surface area contributed by atoms with Crippen LogP contribution in [-0.4, -0.2) is 22.0 Å². The fraction of sp³-hybridized carbons (Fsp3) is 0.250. The molecule has 3 aromatic rings. The van der Waals surface area contributed by atoms with Crippen LogP contribution in [0.15, 0.2) is 60.7 Å². The summed E-state index contributed by atoms with van der Waals surface area (Å²) in [7, 11) is -8.31. The Morgan fingerprint density at radius 3 is 1.59 bits per heavy atom. The normalized spacial score (nSPS) is 19.3. The summed E-state index contributed by atoms with van der Waals surface area (Å²) in [6, 6.07) is 19.6. The predicted octanol–water partition coefficient (Wildman–Crippen LogP) is 6.56. The molecular formula is C24H21F4IO3SSi. The average Bonchev–Trinajstić information content (AvgIpc) is 2.76. The molecule has 3 nitrogen and oxygen atoms in total. The SMILES string of the molecule is C[Si](C)(C)c1cc2c(cc1I(F)OS(=O)(=O)C(F)(F)F)C1c3ccccc3C2c2ccccc21. The standard InChI is InChI=1S/C24H21F4IO3SSi/c1-34(2,3)21-13-19-18(12-20(21)29(28)32-33(30,31)24(25,26)27)22-14-8-4-6-10-16(14)23(19)17-11-7-5-9-15(17)22/h4-13,22-23H,1-3H3. The molecule has 0 fully saturated rings. The van der Waals surface area contributed by atoms with Crippen LogP contribution in [0.5, 0.6) is 0 Å². The molecule has 3 aromatic carbocycles. The van der Waals surface area contributed by atoms with E-state index >= 15 is 2.86 Å². The summed E-state index contributed by atoms with van der Waals surface area (Å²) >= 11 is -4.66. The van der Waals surface area contributed by atoms with Crippen LogP contribution in [0.4, 0.5) is 16.0 Å². The molecule has 6 rings (SSSR count). The van der Waals surface area contributed by atoms with Crippen molar-refractivity contribution in [2.24, 2.45) is 0 Å². The summed E-state index contributed by atoms with van der Waals surface area (Å²) in [5, 5.41) is 0.610. The number of benzene rings is 3. The second-order valence-electron chi connectivity index (χ2n) is 9.50. The first-order valence-corrected chi connectivity index (χ1v) is 18.2. The first kappa shape index (κ1) is 24.0. The van der Waals surface area contributed by atoms with E-state index in [1.807, 2.05) is 62.1 Å². The molecule has 10 heteroatoms. The van der Waals surface area contributed by atoms with Crippen LogP contribution in [-0.2, 0) is 12.6 Å². The summed E-state index contributed by atoms with van der Waals surface area (Å²) in [6.45, 7) is 5.89. The van der Waals surface area contributed by atoms with Gasteiger partial charge in [-0.05, 0) is 0 Å². The summed E-state index contributed by atoms with van der Waals surface area (Å²) < 4.78 is 81.6. The van der Waals surface area contributed by atoms with E-state index in [2.05, 4.69) is 14.6 Å². The quantitative estimate of drug-likeness (QED) is 0.0990.